The van der Waals surface area contributed by atoms with Gasteiger partial charge in [-0.15, -0.1) is 0 Å². The summed E-state index contributed by atoms with van der Waals surface area (Å²) in [4.78, 5) is 13.0. The molecule has 0 bridgehead atoms. The third-order valence-electron chi connectivity index (χ3n) is 4.67. The second kappa shape index (κ2) is 8.97. The van der Waals surface area contributed by atoms with Crippen molar-refractivity contribution in [3.05, 3.63) is 64.2 Å². The minimum Gasteiger partial charge on any atom is -0.348 e. The van der Waals surface area contributed by atoms with Gasteiger partial charge in [-0.05, 0) is 62.6 Å². The lowest BCUT2D eigenvalue weighted by atomic mass is 9.99. The van der Waals surface area contributed by atoms with Crippen LogP contribution in [0.5, 0.6) is 0 Å². The van der Waals surface area contributed by atoms with Gasteiger partial charge in [0.05, 0.1) is 18.0 Å². The van der Waals surface area contributed by atoms with Crippen molar-refractivity contribution in [1.82, 2.24) is 5.32 Å². The van der Waals surface area contributed by atoms with E-state index in [2.05, 4.69) is 5.32 Å². The molecule has 0 heterocycles. The van der Waals surface area contributed by atoms with Crippen molar-refractivity contribution in [3.63, 3.8) is 0 Å². The molecule has 2 atom stereocenters. The average Bonchev–Trinajstić information content (AvgIpc) is 2.61. The molecule has 0 saturated carbocycles. The molecule has 7 heteroatoms. The number of halogens is 1. The van der Waals surface area contributed by atoms with Gasteiger partial charge in [0.1, 0.15) is 6.04 Å². The van der Waals surface area contributed by atoms with Crippen LogP contribution in [0.15, 0.2) is 42.5 Å². The molecule has 0 saturated heterocycles. The Bertz CT molecular complexity index is 943. The zero-order valence-electron chi connectivity index (χ0n) is 16.9. The Morgan fingerprint density at radius 1 is 1.14 bits per heavy atom. The maximum Gasteiger partial charge on any atom is 0.244 e. The first-order valence-corrected chi connectivity index (χ1v) is 11.4. The van der Waals surface area contributed by atoms with Crippen molar-refractivity contribution in [2.45, 2.75) is 46.2 Å². The maximum atomic E-state index is 13.0. The Kier molecular flexibility index (Phi) is 7.12. The topological polar surface area (TPSA) is 66.5 Å². The minimum absolute atomic E-state index is 0.243. The predicted octanol–water partition coefficient (Wildman–Crippen LogP) is 4.38. The van der Waals surface area contributed by atoms with Crippen LogP contribution in [0.2, 0.25) is 5.02 Å². The quantitative estimate of drug-likeness (QED) is 0.720. The van der Waals surface area contributed by atoms with Gasteiger partial charge in [-0.3, -0.25) is 9.10 Å². The number of anilines is 1. The molecular formula is C21H27ClN2O3S. The number of aryl methyl sites for hydroxylation is 2. The first kappa shape index (κ1) is 22.2. The number of benzene rings is 2. The minimum atomic E-state index is -3.67. The van der Waals surface area contributed by atoms with E-state index in [-0.39, 0.29) is 11.9 Å². The molecule has 1 amide bonds. The lowest BCUT2D eigenvalue weighted by molar-refractivity contribution is -0.122. The number of carbonyl (C=O) groups excluding carboxylic acids is 1. The van der Waals surface area contributed by atoms with Crippen LogP contribution in [0.3, 0.4) is 0 Å². The van der Waals surface area contributed by atoms with Crippen LogP contribution >= 0.6 is 11.6 Å². The summed E-state index contributed by atoms with van der Waals surface area (Å²) < 4.78 is 26.1. The van der Waals surface area contributed by atoms with Crippen LogP contribution in [0.25, 0.3) is 0 Å². The monoisotopic (exact) mass is 422 g/mol. The molecule has 5 nitrogen and oxygen atoms in total. The third kappa shape index (κ3) is 5.26. The van der Waals surface area contributed by atoms with Gasteiger partial charge in [-0.2, -0.15) is 0 Å². The molecule has 0 fully saturated rings. The van der Waals surface area contributed by atoms with E-state index in [0.717, 1.165) is 27.3 Å². The molecule has 0 unspecified atom stereocenters. The van der Waals surface area contributed by atoms with Crippen molar-refractivity contribution >= 4 is 33.2 Å². The van der Waals surface area contributed by atoms with Crippen LogP contribution in [0.1, 0.15) is 43.0 Å². The van der Waals surface area contributed by atoms with E-state index >= 15 is 0 Å². The Morgan fingerprint density at radius 2 is 1.75 bits per heavy atom. The first-order chi connectivity index (χ1) is 13.0. The van der Waals surface area contributed by atoms with Gasteiger partial charge in [0.25, 0.3) is 0 Å². The van der Waals surface area contributed by atoms with E-state index < -0.39 is 16.1 Å². The van der Waals surface area contributed by atoms with Gasteiger partial charge in [0.2, 0.25) is 15.9 Å². The molecule has 0 aliphatic rings. The molecule has 1 N–H and O–H groups in total. The standard InChI is InChI=1S/C21H27ClN2O3S/c1-6-20(24(28(5,26)27)18-11-9-17(22)10-12-18)21(25)23-16(4)19-13-14(2)7-8-15(19)3/h7-13,16,20H,6H2,1-5H3,(H,23,25)/t16-,20-/m1/s1. The molecule has 152 valence electrons. The van der Waals surface area contributed by atoms with E-state index in [1.54, 1.807) is 31.2 Å². The highest BCUT2D eigenvalue weighted by atomic mass is 35.5. The number of rotatable bonds is 7. The van der Waals surface area contributed by atoms with Gasteiger partial charge >= 0.3 is 0 Å². The molecule has 2 aromatic rings. The lowest BCUT2D eigenvalue weighted by Crippen LogP contribution is -2.49. The van der Waals surface area contributed by atoms with Crippen molar-refractivity contribution in [1.29, 1.82) is 0 Å². The summed E-state index contributed by atoms with van der Waals surface area (Å²) in [6, 6.07) is 11.4. The van der Waals surface area contributed by atoms with Crippen LogP contribution in [-0.4, -0.2) is 26.6 Å². The van der Waals surface area contributed by atoms with Gasteiger partial charge in [0, 0.05) is 5.02 Å². The van der Waals surface area contributed by atoms with Crippen LogP contribution in [0, 0.1) is 13.8 Å². The Morgan fingerprint density at radius 3 is 2.29 bits per heavy atom. The summed E-state index contributed by atoms with van der Waals surface area (Å²) in [5, 5.41) is 3.48. The number of carbonyl (C=O) groups is 1. The highest BCUT2D eigenvalue weighted by Gasteiger charge is 2.32. The van der Waals surface area contributed by atoms with Gasteiger partial charge in [-0.1, -0.05) is 42.3 Å². The summed E-state index contributed by atoms with van der Waals surface area (Å²) in [7, 11) is -3.67. The Labute approximate surface area is 172 Å². The van der Waals surface area contributed by atoms with Crippen molar-refractivity contribution in [3.8, 4) is 0 Å². The number of hydrogen-bond acceptors (Lipinski definition) is 3. The molecule has 0 aromatic heterocycles. The molecule has 0 aliphatic heterocycles. The van der Waals surface area contributed by atoms with Crippen molar-refractivity contribution in [2.75, 3.05) is 10.6 Å². The Hall–Kier alpha value is -2.05. The van der Waals surface area contributed by atoms with E-state index in [9.17, 15) is 13.2 Å². The number of nitrogens with zero attached hydrogens (tertiary/aromatic N) is 1. The van der Waals surface area contributed by atoms with E-state index in [4.69, 9.17) is 11.6 Å². The fraction of sp³-hybridized carbons (Fsp3) is 0.381. The SMILES string of the molecule is CC[C@H](C(=O)N[C@H](C)c1cc(C)ccc1C)N(c1ccc(Cl)cc1)S(C)(=O)=O. The third-order valence-corrected chi connectivity index (χ3v) is 6.10. The van der Waals surface area contributed by atoms with Gasteiger partial charge in [0.15, 0.2) is 0 Å². The largest absolute Gasteiger partial charge is 0.348 e. The molecule has 0 aliphatic carbocycles. The fourth-order valence-corrected chi connectivity index (χ4v) is 4.60. The normalized spacial score (nSPS) is 13.6. The van der Waals surface area contributed by atoms with Crippen LogP contribution in [-0.2, 0) is 14.8 Å². The number of sulfonamides is 1. The smallest absolute Gasteiger partial charge is 0.244 e. The molecule has 2 aromatic carbocycles. The number of nitrogens with one attached hydrogen (secondary N) is 1. The van der Waals surface area contributed by atoms with E-state index in [0.29, 0.717) is 17.1 Å². The summed E-state index contributed by atoms with van der Waals surface area (Å²) >= 11 is 5.92. The summed E-state index contributed by atoms with van der Waals surface area (Å²) in [6.45, 7) is 7.68. The second-order valence-electron chi connectivity index (χ2n) is 7.05. The molecule has 0 spiro atoms. The summed E-state index contributed by atoms with van der Waals surface area (Å²) in [5.41, 5.74) is 3.60. The van der Waals surface area contributed by atoms with Crippen molar-refractivity contribution in [2.24, 2.45) is 0 Å². The van der Waals surface area contributed by atoms with E-state index in [1.807, 2.05) is 39.0 Å². The second-order valence-corrected chi connectivity index (χ2v) is 9.35. The number of hydrogen-bond donors (Lipinski definition) is 1. The zero-order chi connectivity index (χ0) is 21.1. The van der Waals surface area contributed by atoms with E-state index in [1.165, 1.54) is 0 Å². The van der Waals surface area contributed by atoms with Crippen LogP contribution in [0.4, 0.5) is 5.69 Å². The highest BCUT2D eigenvalue weighted by Crippen LogP contribution is 2.25. The number of amides is 1. The van der Waals surface area contributed by atoms with Crippen LogP contribution < -0.4 is 9.62 Å². The average molecular weight is 423 g/mol. The first-order valence-electron chi connectivity index (χ1n) is 9.17. The lowest BCUT2D eigenvalue weighted by Gasteiger charge is -2.31. The van der Waals surface area contributed by atoms with Gasteiger partial charge < -0.3 is 5.32 Å². The molecular weight excluding hydrogens is 396 g/mol. The zero-order valence-corrected chi connectivity index (χ0v) is 18.4. The molecule has 2 rings (SSSR count). The molecule has 28 heavy (non-hydrogen) atoms. The molecule has 0 radical (unpaired) electrons. The highest BCUT2D eigenvalue weighted by molar-refractivity contribution is 7.92. The fourth-order valence-electron chi connectivity index (χ4n) is 3.26. The maximum absolute atomic E-state index is 13.0. The summed E-state index contributed by atoms with van der Waals surface area (Å²) in [5.74, 6) is -0.337. The Balaban J connectivity index is 2.33. The predicted molar refractivity (Wildman–Crippen MR) is 115 cm³/mol. The van der Waals surface area contributed by atoms with Gasteiger partial charge in [-0.25, -0.2) is 8.42 Å². The van der Waals surface area contributed by atoms with Crippen molar-refractivity contribution < 1.29 is 13.2 Å². The summed E-state index contributed by atoms with van der Waals surface area (Å²) in [6.07, 6.45) is 1.44.